The lowest BCUT2D eigenvalue weighted by Gasteiger charge is -2.37. The van der Waals surface area contributed by atoms with Gasteiger partial charge in [-0.25, -0.2) is 0 Å². The van der Waals surface area contributed by atoms with E-state index in [9.17, 15) is 9.59 Å². The zero-order valence-corrected chi connectivity index (χ0v) is 26.3. The number of aromatic amines is 1. The molecular formula is C33H40N4O4Si. The quantitative estimate of drug-likeness (QED) is 0.259. The number of carbonyl (C=O) groups is 2. The van der Waals surface area contributed by atoms with Crippen LogP contribution in [-0.4, -0.2) is 50.0 Å². The summed E-state index contributed by atoms with van der Waals surface area (Å²) in [5, 5.41) is 7.68. The van der Waals surface area contributed by atoms with Crippen molar-refractivity contribution >= 4 is 37.3 Å². The Hall–Kier alpha value is -3.85. The van der Waals surface area contributed by atoms with Crippen LogP contribution in [0.4, 0.5) is 11.4 Å². The normalized spacial score (nSPS) is 18.9. The molecule has 1 unspecified atom stereocenters. The van der Waals surface area contributed by atoms with Gasteiger partial charge in [0, 0.05) is 48.8 Å². The van der Waals surface area contributed by atoms with Crippen molar-refractivity contribution in [2.24, 2.45) is 0 Å². The van der Waals surface area contributed by atoms with Gasteiger partial charge >= 0.3 is 0 Å². The van der Waals surface area contributed by atoms with Gasteiger partial charge in [-0.1, -0.05) is 39.5 Å². The minimum Gasteiger partial charge on any atom is -0.542 e. The van der Waals surface area contributed by atoms with E-state index in [0.717, 1.165) is 54.1 Å². The number of hydrogen-bond donors (Lipinski definition) is 1. The lowest BCUT2D eigenvalue weighted by atomic mass is 9.84. The molecular weight excluding hydrogens is 544 g/mol. The second-order valence-corrected chi connectivity index (χ2v) is 17.8. The molecule has 0 saturated carbocycles. The standard InChI is InChI=1S/C33H40N4O4Si/c1-21(41-42(5,6)33(2,3)4)30-29-26(22-10-15-27-23(19-22)16-18-40-27)20-37(32(39)31(29)35-34-30)25-13-11-24(12-14-25)36-17-8-7-9-28(36)38/h10-15,19,26H,1,7-9,16-18,20H2,2-6H3,(H,34,35). The molecule has 2 aromatic carbocycles. The first-order valence-corrected chi connectivity index (χ1v) is 17.8. The average Bonchev–Trinajstić information content (AvgIpc) is 3.61. The number of rotatable bonds is 6. The molecule has 1 aromatic heterocycles. The van der Waals surface area contributed by atoms with Crippen molar-refractivity contribution in [1.82, 2.24) is 10.2 Å². The number of piperidine rings is 1. The maximum Gasteiger partial charge on any atom is 0.276 e. The van der Waals surface area contributed by atoms with Gasteiger partial charge in [-0.05, 0) is 72.4 Å². The first kappa shape index (κ1) is 28.3. The summed E-state index contributed by atoms with van der Waals surface area (Å²) in [4.78, 5) is 30.1. The van der Waals surface area contributed by atoms with E-state index >= 15 is 0 Å². The number of ether oxygens (including phenoxy) is 1. The highest BCUT2D eigenvalue weighted by molar-refractivity contribution is 6.74. The van der Waals surface area contributed by atoms with Gasteiger partial charge in [0.2, 0.25) is 5.91 Å². The number of benzene rings is 2. The van der Waals surface area contributed by atoms with Crippen molar-refractivity contribution < 1.29 is 18.8 Å². The fourth-order valence-corrected chi connectivity index (χ4v) is 6.89. The summed E-state index contributed by atoms with van der Waals surface area (Å²) in [6.45, 7) is 17.1. The molecule has 8 nitrogen and oxygen atoms in total. The predicted molar refractivity (Wildman–Crippen MR) is 168 cm³/mol. The maximum absolute atomic E-state index is 14.0. The van der Waals surface area contributed by atoms with E-state index in [4.69, 9.17) is 9.16 Å². The topological polar surface area (TPSA) is 87.8 Å². The van der Waals surface area contributed by atoms with E-state index < -0.39 is 8.32 Å². The first-order chi connectivity index (χ1) is 19.9. The van der Waals surface area contributed by atoms with Crippen LogP contribution in [0.2, 0.25) is 18.1 Å². The lowest BCUT2D eigenvalue weighted by Crippen LogP contribution is -2.41. The molecule has 3 aliphatic heterocycles. The van der Waals surface area contributed by atoms with Crippen LogP contribution in [0.1, 0.15) is 78.8 Å². The molecule has 1 saturated heterocycles. The van der Waals surface area contributed by atoms with Crippen LogP contribution in [0.15, 0.2) is 49.0 Å². The Morgan fingerprint density at radius 2 is 1.76 bits per heavy atom. The largest absolute Gasteiger partial charge is 0.542 e. The van der Waals surface area contributed by atoms with Gasteiger partial charge in [0.15, 0.2) is 0 Å². The molecule has 0 bridgehead atoms. The van der Waals surface area contributed by atoms with Gasteiger partial charge in [-0.15, -0.1) is 0 Å². The number of nitrogens with one attached hydrogen (secondary N) is 1. The molecule has 42 heavy (non-hydrogen) atoms. The molecule has 2 amide bonds. The molecule has 0 aliphatic carbocycles. The number of anilines is 2. The van der Waals surface area contributed by atoms with Crippen LogP contribution in [0, 0.1) is 0 Å². The van der Waals surface area contributed by atoms with Gasteiger partial charge in [-0.3, -0.25) is 14.7 Å². The van der Waals surface area contributed by atoms with Crippen LogP contribution < -0.4 is 14.5 Å². The van der Waals surface area contributed by atoms with Crippen molar-refractivity contribution in [1.29, 1.82) is 0 Å². The van der Waals surface area contributed by atoms with Gasteiger partial charge < -0.3 is 19.0 Å². The Kier molecular flexibility index (Phi) is 7.04. The van der Waals surface area contributed by atoms with E-state index in [0.29, 0.717) is 36.7 Å². The molecule has 1 N–H and O–H groups in total. The highest BCUT2D eigenvalue weighted by atomic mass is 28.4. The number of nitrogens with zero attached hydrogens (tertiary/aromatic N) is 3. The van der Waals surface area contributed by atoms with Crippen molar-refractivity contribution in [3.63, 3.8) is 0 Å². The summed E-state index contributed by atoms with van der Waals surface area (Å²) < 4.78 is 12.4. The SMILES string of the molecule is C=C(O[Si](C)(C)C(C)(C)C)c1n[nH]c2c1C(c1ccc3c(c1)CCO3)CN(c1ccc(N3CCCCC3=O)cc1)C2=O. The summed E-state index contributed by atoms with van der Waals surface area (Å²) in [5.41, 5.74) is 5.81. The van der Waals surface area contributed by atoms with E-state index in [2.05, 4.69) is 62.8 Å². The van der Waals surface area contributed by atoms with E-state index in [1.807, 2.05) is 35.2 Å². The minimum atomic E-state index is -2.19. The van der Waals surface area contributed by atoms with E-state index in [1.54, 1.807) is 4.90 Å². The van der Waals surface area contributed by atoms with Gasteiger partial charge in [0.1, 0.15) is 22.9 Å². The summed E-state index contributed by atoms with van der Waals surface area (Å²) >= 11 is 0. The van der Waals surface area contributed by atoms with Crippen LogP contribution in [0.25, 0.3) is 5.76 Å². The molecule has 1 fully saturated rings. The summed E-state index contributed by atoms with van der Waals surface area (Å²) in [6.07, 6.45) is 3.38. The Morgan fingerprint density at radius 3 is 2.45 bits per heavy atom. The fourth-order valence-electron chi connectivity index (χ4n) is 5.88. The number of hydrogen-bond acceptors (Lipinski definition) is 5. The van der Waals surface area contributed by atoms with Crippen molar-refractivity contribution in [2.75, 3.05) is 29.5 Å². The number of carbonyl (C=O) groups excluding carboxylic acids is 2. The van der Waals surface area contributed by atoms with Crippen molar-refractivity contribution in [3.8, 4) is 5.75 Å². The van der Waals surface area contributed by atoms with Crippen LogP contribution >= 0.6 is 0 Å². The minimum absolute atomic E-state index is 0.0106. The van der Waals surface area contributed by atoms with Crippen LogP contribution in [0.3, 0.4) is 0 Å². The Morgan fingerprint density at radius 1 is 1.05 bits per heavy atom. The fraction of sp³-hybridized carbons (Fsp3) is 0.424. The van der Waals surface area contributed by atoms with E-state index in [-0.39, 0.29) is 22.8 Å². The molecule has 4 heterocycles. The van der Waals surface area contributed by atoms with Gasteiger partial charge in [0.05, 0.1) is 6.61 Å². The Labute approximate surface area is 248 Å². The number of amides is 2. The summed E-state index contributed by atoms with van der Waals surface area (Å²) in [5.74, 6) is 1.28. The number of fused-ring (bicyclic) bond motifs is 2. The van der Waals surface area contributed by atoms with Gasteiger partial charge in [-0.2, -0.15) is 5.10 Å². The molecule has 6 rings (SSSR count). The zero-order chi connectivity index (χ0) is 29.8. The molecule has 0 spiro atoms. The number of H-pyrrole nitrogens is 1. The number of aromatic nitrogens is 2. The monoisotopic (exact) mass is 584 g/mol. The van der Waals surface area contributed by atoms with Crippen LogP contribution in [0.5, 0.6) is 5.75 Å². The highest BCUT2D eigenvalue weighted by Gasteiger charge is 2.42. The third kappa shape index (κ3) is 4.93. The molecule has 1 atom stereocenters. The van der Waals surface area contributed by atoms with Crippen molar-refractivity contribution in [3.05, 3.63) is 77.1 Å². The molecule has 9 heteroatoms. The molecule has 3 aromatic rings. The summed E-state index contributed by atoms with van der Waals surface area (Å²) in [7, 11) is -2.19. The smallest absolute Gasteiger partial charge is 0.276 e. The zero-order valence-electron chi connectivity index (χ0n) is 25.3. The second-order valence-electron chi connectivity index (χ2n) is 13.1. The maximum atomic E-state index is 14.0. The average molecular weight is 585 g/mol. The van der Waals surface area contributed by atoms with Gasteiger partial charge in [0.25, 0.3) is 14.2 Å². The third-order valence-electron chi connectivity index (χ3n) is 9.34. The third-order valence-corrected chi connectivity index (χ3v) is 13.7. The van der Waals surface area contributed by atoms with Crippen molar-refractivity contribution in [2.45, 2.75) is 70.5 Å². The van der Waals surface area contributed by atoms with Crippen LogP contribution in [-0.2, 0) is 15.6 Å². The molecule has 3 aliphatic rings. The predicted octanol–water partition coefficient (Wildman–Crippen LogP) is 6.65. The highest BCUT2D eigenvalue weighted by Crippen LogP contribution is 2.43. The van der Waals surface area contributed by atoms with E-state index in [1.165, 1.54) is 5.56 Å². The Balaban J connectivity index is 1.38. The second kappa shape index (κ2) is 10.5. The molecule has 0 radical (unpaired) electrons. The first-order valence-electron chi connectivity index (χ1n) is 14.9. The Bertz CT molecular complexity index is 1550. The lowest BCUT2D eigenvalue weighted by molar-refractivity contribution is -0.119. The summed E-state index contributed by atoms with van der Waals surface area (Å²) in [6, 6.07) is 14.1. The molecule has 220 valence electrons.